The Labute approximate surface area is 195 Å². The Morgan fingerprint density at radius 3 is 2.59 bits per heavy atom. The van der Waals surface area contributed by atoms with Crippen molar-refractivity contribution in [3.8, 4) is 16.9 Å². The van der Waals surface area contributed by atoms with E-state index in [9.17, 15) is 9.59 Å². The van der Waals surface area contributed by atoms with E-state index in [1.54, 1.807) is 11.3 Å². The molecule has 0 unspecified atom stereocenters. The minimum atomic E-state index is -0.480. The third-order valence-corrected chi connectivity index (χ3v) is 5.54. The molecule has 32 heavy (non-hydrogen) atoms. The molecular weight excluding hydrogens is 426 g/mol. The molecule has 0 atom stereocenters. The first-order valence-corrected chi connectivity index (χ1v) is 11.9. The van der Waals surface area contributed by atoms with Crippen molar-refractivity contribution < 1.29 is 23.8 Å². The first kappa shape index (κ1) is 25.9. The molecule has 1 heterocycles. The number of benzene rings is 1. The van der Waals surface area contributed by atoms with Crippen molar-refractivity contribution in [2.45, 2.75) is 65.5 Å². The molecule has 176 valence electrons. The number of nitrogens with one attached hydrogen (secondary N) is 1. The van der Waals surface area contributed by atoms with Crippen LogP contribution in [0, 0.1) is 0 Å². The molecule has 0 spiro atoms. The van der Waals surface area contributed by atoms with Gasteiger partial charge in [-0.05, 0) is 62.3 Å². The van der Waals surface area contributed by atoms with Crippen LogP contribution in [0.4, 0.5) is 0 Å². The lowest BCUT2D eigenvalue weighted by Crippen LogP contribution is -2.31. The van der Waals surface area contributed by atoms with Crippen LogP contribution in [0.15, 0.2) is 29.6 Å². The molecule has 6 nitrogen and oxygen atoms in total. The molecule has 0 fully saturated rings. The van der Waals surface area contributed by atoms with Gasteiger partial charge in [0.15, 0.2) is 0 Å². The second kappa shape index (κ2) is 12.6. The second-order valence-corrected chi connectivity index (χ2v) is 9.60. The number of unbranched alkanes of at least 4 members (excludes halogenated alkanes) is 1. The third kappa shape index (κ3) is 9.01. The molecule has 7 heteroatoms. The molecule has 1 aromatic carbocycles. The van der Waals surface area contributed by atoms with Gasteiger partial charge in [-0.3, -0.25) is 9.59 Å². The largest absolute Gasteiger partial charge is 0.493 e. The van der Waals surface area contributed by atoms with Crippen molar-refractivity contribution in [2.75, 3.05) is 20.3 Å². The Hall–Kier alpha value is -2.38. The first-order chi connectivity index (χ1) is 15.2. The van der Waals surface area contributed by atoms with Crippen LogP contribution < -0.4 is 10.1 Å². The molecule has 0 aliphatic heterocycles. The highest BCUT2D eigenvalue weighted by Crippen LogP contribution is 2.34. The van der Waals surface area contributed by atoms with Crippen LogP contribution in [0.2, 0.25) is 0 Å². The molecule has 0 aliphatic rings. The van der Waals surface area contributed by atoms with Crippen LogP contribution in [0.25, 0.3) is 11.1 Å². The van der Waals surface area contributed by atoms with Crippen molar-refractivity contribution in [1.82, 2.24) is 5.32 Å². The maximum Gasteiger partial charge on any atom is 0.320 e. The van der Waals surface area contributed by atoms with Crippen molar-refractivity contribution in [2.24, 2.45) is 0 Å². The van der Waals surface area contributed by atoms with E-state index >= 15 is 0 Å². The third-order valence-electron chi connectivity index (χ3n) is 4.60. The van der Waals surface area contributed by atoms with Crippen LogP contribution in [0.5, 0.6) is 5.75 Å². The van der Waals surface area contributed by atoms with Crippen LogP contribution in [-0.2, 0) is 32.0 Å². The van der Waals surface area contributed by atoms with Gasteiger partial charge in [-0.2, -0.15) is 0 Å². The summed E-state index contributed by atoms with van der Waals surface area (Å²) >= 11 is 1.64. The Morgan fingerprint density at radius 2 is 1.91 bits per heavy atom. The molecule has 0 saturated heterocycles. The number of carbonyl (C=O) groups excluding carboxylic acids is 2. The smallest absolute Gasteiger partial charge is 0.320 e. The van der Waals surface area contributed by atoms with E-state index in [4.69, 9.17) is 14.2 Å². The van der Waals surface area contributed by atoms with Gasteiger partial charge >= 0.3 is 11.9 Å². The fraction of sp³-hybridized carbons (Fsp3) is 0.520. The fourth-order valence-corrected chi connectivity index (χ4v) is 3.89. The summed E-state index contributed by atoms with van der Waals surface area (Å²) in [4.78, 5) is 24.5. The Kier molecular flexibility index (Phi) is 10.2. The van der Waals surface area contributed by atoms with Crippen LogP contribution in [0.3, 0.4) is 0 Å². The zero-order chi connectivity index (χ0) is 23.6. The molecule has 1 aromatic heterocycles. The summed E-state index contributed by atoms with van der Waals surface area (Å²) in [5.41, 5.74) is 2.67. The van der Waals surface area contributed by atoms with E-state index in [-0.39, 0.29) is 18.5 Å². The van der Waals surface area contributed by atoms with E-state index in [2.05, 4.69) is 23.7 Å². The predicted molar refractivity (Wildman–Crippen MR) is 128 cm³/mol. The van der Waals surface area contributed by atoms with Gasteiger partial charge < -0.3 is 19.5 Å². The summed E-state index contributed by atoms with van der Waals surface area (Å²) in [6, 6.07) is 8.21. The first-order valence-electron chi connectivity index (χ1n) is 11.0. The molecule has 0 amide bonds. The number of esters is 2. The molecule has 0 bridgehead atoms. The average Bonchev–Trinajstić information content (AvgIpc) is 3.19. The van der Waals surface area contributed by atoms with Gasteiger partial charge in [0.1, 0.15) is 11.4 Å². The van der Waals surface area contributed by atoms with Crippen LogP contribution >= 0.6 is 11.3 Å². The molecule has 2 rings (SSSR count). The quantitative estimate of drug-likeness (QED) is 0.349. The number of methoxy groups -OCH3 is 1. The number of hydrogen-bond acceptors (Lipinski definition) is 7. The Balaban J connectivity index is 2.06. The zero-order valence-electron chi connectivity index (χ0n) is 19.8. The monoisotopic (exact) mass is 461 g/mol. The Bertz CT molecular complexity index is 885. The minimum Gasteiger partial charge on any atom is -0.493 e. The summed E-state index contributed by atoms with van der Waals surface area (Å²) < 4.78 is 16.2. The fourth-order valence-electron chi connectivity index (χ4n) is 3.04. The summed E-state index contributed by atoms with van der Waals surface area (Å²) in [5, 5.41) is 5.25. The second-order valence-electron chi connectivity index (χ2n) is 8.60. The number of carbonyl (C=O) groups is 2. The highest BCUT2D eigenvalue weighted by Gasteiger charge is 2.16. The molecular formula is C25H35NO5S. The van der Waals surface area contributed by atoms with Gasteiger partial charge in [0.25, 0.3) is 0 Å². The normalized spacial score (nSPS) is 11.3. The van der Waals surface area contributed by atoms with E-state index in [1.807, 2.05) is 39.0 Å². The standard InChI is InChI=1S/C25H35NO5S/c1-6-7-12-30-22-13-18(9-11-23(27)29-5)8-10-21(22)19-14-20(32-17-19)15-26-16-24(28)31-25(2,3)4/h8,10,13-14,17,26H,6-7,9,11-12,15-16H2,1-5H3. The Morgan fingerprint density at radius 1 is 1.12 bits per heavy atom. The molecule has 0 saturated carbocycles. The SMILES string of the molecule is CCCCOc1cc(CCC(=O)OC)ccc1-c1csc(CNCC(=O)OC(C)(C)C)c1. The minimum absolute atomic E-state index is 0.171. The van der Waals surface area contributed by atoms with Gasteiger partial charge in [0.2, 0.25) is 0 Å². The summed E-state index contributed by atoms with van der Waals surface area (Å²) in [5.74, 6) is 0.346. The predicted octanol–water partition coefficient (Wildman–Crippen LogP) is 5.13. The number of aryl methyl sites for hydroxylation is 1. The molecule has 0 aliphatic carbocycles. The zero-order valence-corrected chi connectivity index (χ0v) is 20.6. The van der Waals surface area contributed by atoms with E-state index in [0.717, 1.165) is 40.2 Å². The van der Waals surface area contributed by atoms with Crippen molar-refractivity contribution in [3.05, 3.63) is 40.1 Å². The van der Waals surface area contributed by atoms with Crippen molar-refractivity contribution >= 4 is 23.3 Å². The number of rotatable bonds is 12. The molecule has 1 N–H and O–H groups in total. The lowest BCUT2D eigenvalue weighted by molar-refractivity contribution is -0.153. The summed E-state index contributed by atoms with van der Waals surface area (Å²) in [6.45, 7) is 9.12. The van der Waals surface area contributed by atoms with Crippen molar-refractivity contribution in [1.29, 1.82) is 0 Å². The lowest BCUT2D eigenvalue weighted by atomic mass is 10.0. The topological polar surface area (TPSA) is 73.9 Å². The van der Waals surface area contributed by atoms with Gasteiger partial charge in [0, 0.05) is 23.4 Å². The maximum absolute atomic E-state index is 11.9. The number of hydrogen-bond donors (Lipinski definition) is 1. The van der Waals surface area contributed by atoms with Gasteiger partial charge in [-0.25, -0.2) is 0 Å². The van der Waals surface area contributed by atoms with E-state index in [0.29, 0.717) is 26.0 Å². The van der Waals surface area contributed by atoms with Gasteiger partial charge in [0.05, 0.1) is 20.3 Å². The lowest BCUT2D eigenvalue weighted by Gasteiger charge is -2.19. The summed E-state index contributed by atoms with van der Waals surface area (Å²) in [7, 11) is 1.40. The van der Waals surface area contributed by atoms with Gasteiger partial charge in [-0.1, -0.05) is 25.5 Å². The number of ether oxygens (including phenoxy) is 3. The number of thiophene rings is 1. The summed E-state index contributed by atoms with van der Waals surface area (Å²) in [6.07, 6.45) is 3.00. The van der Waals surface area contributed by atoms with Gasteiger partial charge in [-0.15, -0.1) is 11.3 Å². The van der Waals surface area contributed by atoms with Crippen molar-refractivity contribution in [3.63, 3.8) is 0 Å². The maximum atomic E-state index is 11.9. The highest BCUT2D eigenvalue weighted by molar-refractivity contribution is 7.10. The van der Waals surface area contributed by atoms with E-state index in [1.165, 1.54) is 7.11 Å². The molecule has 0 radical (unpaired) electrons. The average molecular weight is 462 g/mol. The highest BCUT2D eigenvalue weighted by atomic mass is 32.1. The molecule has 2 aromatic rings. The van der Waals surface area contributed by atoms with E-state index < -0.39 is 5.60 Å². The van der Waals surface area contributed by atoms with Crippen LogP contribution in [-0.4, -0.2) is 37.8 Å². The van der Waals surface area contributed by atoms with Crippen LogP contribution in [0.1, 0.15) is 57.4 Å².